The van der Waals surface area contributed by atoms with Gasteiger partial charge in [0.2, 0.25) is 0 Å². The van der Waals surface area contributed by atoms with Crippen LogP contribution in [0.3, 0.4) is 0 Å². The van der Waals surface area contributed by atoms with Crippen molar-refractivity contribution in [1.29, 1.82) is 0 Å². The fraction of sp³-hybridized carbons (Fsp3) is 0.348. The lowest BCUT2D eigenvalue weighted by Crippen LogP contribution is -2.46. The van der Waals surface area contributed by atoms with E-state index in [1.807, 2.05) is 0 Å². The molecule has 1 aliphatic carbocycles. The molecule has 10 heteroatoms. The molecule has 1 fully saturated rings. The third-order valence-corrected chi connectivity index (χ3v) is 5.77. The highest BCUT2D eigenvalue weighted by Gasteiger charge is 2.36. The zero-order valence-corrected chi connectivity index (χ0v) is 17.2. The third-order valence-electron chi connectivity index (χ3n) is 5.77. The Bertz CT molecular complexity index is 1150. The highest BCUT2D eigenvalue weighted by Crippen LogP contribution is 2.35. The second kappa shape index (κ2) is 9.20. The van der Waals surface area contributed by atoms with E-state index in [4.69, 9.17) is 4.74 Å². The Balaban J connectivity index is 1.39. The van der Waals surface area contributed by atoms with Crippen molar-refractivity contribution < 1.29 is 36.9 Å². The summed E-state index contributed by atoms with van der Waals surface area (Å²) >= 11 is 0. The summed E-state index contributed by atoms with van der Waals surface area (Å²) in [7, 11) is 0. The van der Waals surface area contributed by atoms with Crippen molar-refractivity contribution >= 4 is 10.8 Å². The van der Waals surface area contributed by atoms with Crippen LogP contribution in [0.5, 0.6) is 5.75 Å². The van der Waals surface area contributed by atoms with Crippen molar-refractivity contribution in [1.82, 2.24) is 10.3 Å². The molecule has 4 rings (SSSR count). The Morgan fingerprint density at radius 3 is 2.55 bits per heavy atom. The van der Waals surface area contributed by atoms with Gasteiger partial charge in [0.1, 0.15) is 29.6 Å². The van der Waals surface area contributed by atoms with E-state index in [1.54, 1.807) is 6.07 Å². The van der Waals surface area contributed by atoms with Gasteiger partial charge in [-0.05, 0) is 54.1 Å². The van der Waals surface area contributed by atoms with Crippen LogP contribution in [-0.4, -0.2) is 33.9 Å². The molecule has 2 aromatic carbocycles. The molecule has 0 spiro atoms. The third kappa shape index (κ3) is 4.92. The molecule has 0 bridgehead atoms. The molecule has 1 aromatic heterocycles. The molecule has 1 unspecified atom stereocenters. The zero-order chi connectivity index (χ0) is 23.8. The predicted molar refractivity (Wildman–Crippen MR) is 109 cm³/mol. The average molecular weight is 468 g/mol. The number of pyridine rings is 1. The minimum atomic E-state index is -4.81. The second-order valence-electron chi connectivity index (χ2n) is 7.97. The van der Waals surface area contributed by atoms with E-state index >= 15 is 0 Å². The first-order chi connectivity index (χ1) is 15.7. The lowest BCUT2D eigenvalue weighted by Gasteiger charge is -2.36. The van der Waals surface area contributed by atoms with Gasteiger partial charge in [-0.3, -0.25) is 4.98 Å². The number of fused-ring (bicyclic) bond motifs is 1. The van der Waals surface area contributed by atoms with Crippen molar-refractivity contribution in [3.05, 3.63) is 71.1 Å². The van der Waals surface area contributed by atoms with Gasteiger partial charge in [0, 0.05) is 35.9 Å². The maximum atomic E-state index is 14.8. The molecular weight excluding hydrogens is 447 g/mol. The number of aliphatic hydroxyl groups is 2. The lowest BCUT2D eigenvalue weighted by atomic mass is 9.88. The van der Waals surface area contributed by atoms with E-state index in [0.29, 0.717) is 35.2 Å². The molecule has 1 saturated carbocycles. The van der Waals surface area contributed by atoms with Crippen LogP contribution < -0.4 is 10.1 Å². The van der Waals surface area contributed by atoms with Crippen LogP contribution in [0.2, 0.25) is 0 Å². The van der Waals surface area contributed by atoms with Crippen molar-refractivity contribution in [2.24, 2.45) is 0 Å². The normalized spacial score (nSPS) is 19.4. The first-order valence-electron chi connectivity index (χ1n) is 10.3. The summed E-state index contributed by atoms with van der Waals surface area (Å²) in [6, 6.07) is 5.30. The van der Waals surface area contributed by atoms with Gasteiger partial charge in [-0.25, -0.2) is 8.78 Å². The molecule has 0 amide bonds. The number of aliphatic hydroxyl groups excluding tert-OH is 2. The van der Waals surface area contributed by atoms with Crippen molar-refractivity contribution in [3.63, 3.8) is 0 Å². The molecule has 33 heavy (non-hydrogen) atoms. The number of ether oxygens (including phenoxy) is 1. The Morgan fingerprint density at radius 1 is 1.09 bits per heavy atom. The molecule has 1 atom stereocenters. The van der Waals surface area contributed by atoms with E-state index < -0.39 is 36.1 Å². The Kier molecular flexibility index (Phi) is 6.51. The number of rotatable bonds is 7. The molecule has 0 aliphatic heterocycles. The van der Waals surface area contributed by atoms with Crippen molar-refractivity contribution in [2.75, 3.05) is 6.61 Å². The van der Waals surface area contributed by atoms with Crippen LogP contribution in [0.25, 0.3) is 10.8 Å². The molecule has 0 radical (unpaired) electrons. The van der Waals surface area contributed by atoms with Crippen molar-refractivity contribution in [2.45, 2.75) is 43.8 Å². The quantitative estimate of drug-likeness (QED) is 0.452. The zero-order valence-electron chi connectivity index (χ0n) is 17.2. The Morgan fingerprint density at radius 2 is 1.85 bits per heavy atom. The number of aromatic nitrogens is 1. The SMILES string of the molecule is OCC(O)c1cc(F)c(CNC2CC(Oc3ccc(F)c(C(F)(F)F)c3)C2)c2ccncc12. The summed E-state index contributed by atoms with van der Waals surface area (Å²) in [5, 5.41) is 23.5. The van der Waals surface area contributed by atoms with Gasteiger partial charge >= 0.3 is 6.18 Å². The maximum Gasteiger partial charge on any atom is 0.419 e. The van der Waals surface area contributed by atoms with Gasteiger partial charge < -0.3 is 20.3 Å². The fourth-order valence-corrected chi connectivity index (χ4v) is 3.93. The van der Waals surface area contributed by atoms with E-state index in [9.17, 15) is 32.2 Å². The summed E-state index contributed by atoms with van der Waals surface area (Å²) in [5.74, 6) is -1.96. The predicted octanol–water partition coefficient (Wildman–Crippen LogP) is 4.26. The smallest absolute Gasteiger partial charge is 0.419 e. The maximum absolute atomic E-state index is 14.8. The first kappa shape index (κ1) is 23.3. The Hall–Kier alpha value is -2.82. The average Bonchev–Trinajstić information content (AvgIpc) is 2.75. The molecule has 5 nitrogen and oxygen atoms in total. The summed E-state index contributed by atoms with van der Waals surface area (Å²) in [4.78, 5) is 4.01. The van der Waals surface area contributed by atoms with E-state index in [0.717, 1.165) is 12.1 Å². The van der Waals surface area contributed by atoms with E-state index in [1.165, 1.54) is 18.5 Å². The molecule has 1 aliphatic rings. The van der Waals surface area contributed by atoms with E-state index in [-0.39, 0.29) is 30.0 Å². The van der Waals surface area contributed by atoms with Gasteiger partial charge in [-0.2, -0.15) is 13.2 Å². The topological polar surface area (TPSA) is 74.6 Å². The standard InChI is InChI=1S/C23H21F5N2O3/c24-20-2-1-13(7-19(20)23(26,27)28)33-14-5-12(6-14)30-10-18-15-3-4-29-9-17(15)16(8-21(18)25)22(32)11-31/h1-4,7-9,12,14,22,30-32H,5-6,10-11H2. The number of nitrogens with one attached hydrogen (secondary N) is 1. The second-order valence-corrected chi connectivity index (χ2v) is 7.97. The van der Waals surface area contributed by atoms with Gasteiger partial charge in [-0.15, -0.1) is 0 Å². The largest absolute Gasteiger partial charge is 0.490 e. The first-order valence-corrected chi connectivity index (χ1v) is 10.3. The highest BCUT2D eigenvalue weighted by atomic mass is 19.4. The van der Waals surface area contributed by atoms with Crippen LogP contribution in [0.4, 0.5) is 22.0 Å². The number of benzene rings is 2. The lowest BCUT2D eigenvalue weighted by molar-refractivity contribution is -0.140. The summed E-state index contributed by atoms with van der Waals surface area (Å²) in [6.45, 7) is -0.378. The summed E-state index contributed by atoms with van der Waals surface area (Å²) < 4.78 is 72.3. The minimum Gasteiger partial charge on any atom is -0.490 e. The van der Waals surface area contributed by atoms with E-state index in [2.05, 4.69) is 10.3 Å². The molecule has 1 heterocycles. The van der Waals surface area contributed by atoms with Gasteiger partial charge in [0.15, 0.2) is 0 Å². The van der Waals surface area contributed by atoms with Gasteiger partial charge in [0.25, 0.3) is 0 Å². The van der Waals surface area contributed by atoms with Crippen LogP contribution in [0.1, 0.15) is 35.6 Å². The number of alkyl halides is 3. The molecule has 3 aromatic rings. The fourth-order valence-electron chi connectivity index (χ4n) is 3.93. The minimum absolute atomic E-state index is 0.0449. The number of nitrogens with zero attached hydrogens (tertiary/aromatic N) is 1. The van der Waals surface area contributed by atoms with Crippen LogP contribution in [-0.2, 0) is 12.7 Å². The van der Waals surface area contributed by atoms with Crippen LogP contribution in [0.15, 0.2) is 42.7 Å². The van der Waals surface area contributed by atoms with Crippen LogP contribution in [0, 0.1) is 11.6 Å². The van der Waals surface area contributed by atoms with Crippen molar-refractivity contribution in [3.8, 4) is 5.75 Å². The number of hydrogen-bond donors (Lipinski definition) is 3. The summed E-state index contributed by atoms with van der Waals surface area (Å²) in [5.41, 5.74) is -0.754. The number of hydrogen-bond acceptors (Lipinski definition) is 5. The monoisotopic (exact) mass is 468 g/mol. The van der Waals surface area contributed by atoms with Gasteiger partial charge in [-0.1, -0.05) is 0 Å². The van der Waals surface area contributed by atoms with Gasteiger partial charge in [0.05, 0.1) is 12.2 Å². The van der Waals surface area contributed by atoms with Crippen LogP contribution >= 0.6 is 0 Å². The highest BCUT2D eigenvalue weighted by molar-refractivity contribution is 5.88. The summed E-state index contributed by atoms with van der Waals surface area (Å²) in [6.07, 6.45) is -2.41. The molecular formula is C23H21F5N2O3. The molecule has 3 N–H and O–H groups in total. The number of halogens is 5. The Labute approximate surface area is 185 Å². The molecule has 0 saturated heterocycles. The molecule has 176 valence electrons.